The Kier molecular flexibility index (Phi) is 5.37. The van der Waals surface area contributed by atoms with E-state index in [0.29, 0.717) is 0 Å². The van der Waals surface area contributed by atoms with E-state index < -0.39 is 0 Å². The van der Waals surface area contributed by atoms with Crippen LogP contribution in [-0.4, -0.2) is 4.98 Å². The molecule has 0 amide bonds. The molecule has 2 aliphatic rings. The van der Waals surface area contributed by atoms with Gasteiger partial charge in [-0.25, -0.2) is 0 Å². The molecule has 0 saturated heterocycles. The van der Waals surface area contributed by atoms with Crippen molar-refractivity contribution in [2.75, 3.05) is 4.90 Å². The van der Waals surface area contributed by atoms with Crippen LogP contribution in [0, 0.1) is 0 Å². The molecule has 2 aliphatic carbocycles. The highest BCUT2D eigenvalue weighted by atomic mass is 15.1. The summed E-state index contributed by atoms with van der Waals surface area (Å²) in [5, 5.41) is 3.88. The Hall–Kier alpha value is -5.86. The van der Waals surface area contributed by atoms with Gasteiger partial charge in [0.1, 0.15) is 0 Å². The fourth-order valence-corrected chi connectivity index (χ4v) is 8.27. The van der Waals surface area contributed by atoms with Crippen molar-refractivity contribution < 1.29 is 0 Å². The number of nitrogens with zero attached hydrogens (tertiary/aromatic N) is 1. The van der Waals surface area contributed by atoms with E-state index >= 15 is 0 Å². The Balaban J connectivity index is 1.17. The van der Waals surface area contributed by atoms with Gasteiger partial charge in [0.25, 0.3) is 0 Å². The molecule has 8 aromatic rings. The molecule has 1 aromatic heterocycles. The molecule has 1 N–H and O–H groups in total. The van der Waals surface area contributed by atoms with Gasteiger partial charge in [0.2, 0.25) is 0 Å². The molecule has 222 valence electrons. The minimum Gasteiger partial charge on any atom is -0.354 e. The largest absolute Gasteiger partial charge is 0.354 e. The van der Waals surface area contributed by atoms with E-state index in [0.717, 1.165) is 22.6 Å². The fourth-order valence-electron chi connectivity index (χ4n) is 8.27. The number of hydrogen-bond acceptors (Lipinski definition) is 1. The highest BCUT2D eigenvalue weighted by molar-refractivity contribution is 6.21. The first-order valence-corrected chi connectivity index (χ1v) is 16.4. The lowest BCUT2D eigenvalue weighted by atomic mass is 9.82. The zero-order valence-corrected chi connectivity index (χ0v) is 26.4. The van der Waals surface area contributed by atoms with Crippen LogP contribution in [0.1, 0.15) is 25.0 Å². The molecule has 1 heterocycles. The number of benzene rings is 7. The Morgan fingerprint density at radius 2 is 1.13 bits per heavy atom. The number of hydrogen-bond donors (Lipinski definition) is 1. The van der Waals surface area contributed by atoms with Crippen LogP contribution >= 0.6 is 0 Å². The van der Waals surface area contributed by atoms with Gasteiger partial charge in [-0.2, -0.15) is 0 Å². The van der Waals surface area contributed by atoms with E-state index in [1.54, 1.807) is 0 Å². The molecule has 2 nitrogen and oxygen atoms in total. The Morgan fingerprint density at radius 3 is 1.96 bits per heavy atom. The molecule has 0 atom stereocenters. The Morgan fingerprint density at radius 1 is 0.489 bits per heavy atom. The van der Waals surface area contributed by atoms with Crippen LogP contribution in [-0.2, 0) is 5.41 Å². The van der Waals surface area contributed by atoms with Gasteiger partial charge in [-0.15, -0.1) is 0 Å². The molecule has 0 radical (unpaired) electrons. The van der Waals surface area contributed by atoms with Crippen LogP contribution in [0.25, 0.3) is 66.3 Å². The molecule has 0 aliphatic heterocycles. The average Bonchev–Trinajstić information content (AvgIpc) is 3.72. The number of anilines is 3. The molecule has 0 unspecified atom stereocenters. The van der Waals surface area contributed by atoms with Crippen molar-refractivity contribution in [3.8, 4) is 44.6 Å². The summed E-state index contributed by atoms with van der Waals surface area (Å²) in [6, 6.07) is 55.8. The first-order valence-electron chi connectivity index (χ1n) is 16.4. The van der Waals surface area contributed by atoms with Gasteiger partial charge >= 0.3 is 0 Å². The molecule has 7 aromatic carbocycles. The second-order valence-corrected chi connectivity index (χ2v) is 13.5. The van der Waals surface area contributed by atoms with Crippen molar-refractivity contribution in [2.45, 2.75) is 19.3 Å². The summed E-state index contributed by atoms with van der Waals surface area (Å²) in [5.74, 6) is 0. The van der Waals surface area contributed by atoms with Gasteiger partial charge in [-0.1, -0.05) is 123 Å². The van der Waals surface area contributed by atoms with Crippen molar-refractivity contribution in [3.05, 3.63) is 163 Å². The summed E-state index contributed by atoms with van der Waals surface area (Å²) in [5.41, 5.74) is 17.5. The average molecular weight is 601 g/mol. The van der Waals surface area contributed by atoms with Crippen molar-refractivity contribution in [2.24, 2.45) is 0 Å². The molecule has 10 rings (SSSR count). The monoisotopic (exact) mass is 600 g/mol. The zero-order chi connectivity index (χ0) is 31.3. The number of H-pyrrole nitrogens is 1. The van der Waals surface area contributed by atoms with Crippen molar-refractivity contribution in [1.82, 2.24) is 4.98 Å². The van der Waals surface area contributed by atoms with E-state index in [9.17, 15) is 0 Å². The van der Waals surface area contributed by atoms with E-state index in [4.69, 9.17) is 0 Å². The van der Waals surface area contributed by atoms with E-state index in [-0.39, 0.29) is 5.41 Å². The molecule has 0 bridgehead atoms. The number of rotatable bonds is 4. The van der Waals surface area contributed by atoms with Gasteiger partial charge in [-0.3, -0.25) is 0 Å². The molecular formula is C45H32N2. The van der Waals surface area contributed by atoms with Gasteiger partial charge < -0.3 is 9.88 Å². The van der Waals surface area contributed by atoms with Gasteiger partial charge in [0.15, 0.2) is 0 Å². The van der Waals surface area contributed by atoms with Crippen LogP contribution in [0.4, 0.5) is 17.1 Å². The van der Waals surface area contributed by atoms with Crippen LogP contribution in [0.15, 0.2) is 152 Å². The highest BCUT2D eigenvalue weighted by Gasteiger charge is 2.36. The topological polar surface area (TPSA) is 19.0 Å². The lowest BCUT2D eigenvalue weighted by Gasteiger charge is -2.28. The number of aromatic amines is 1. The second kappa shape index (κ2) is 9.57. The van der Waals surface area contributed by atoms with Crippen molar-refractivity contribution in [1.29, 1.82) is 0 Å². The third-order valence-electron chi connectivity index (χ3n) is 10.5. The van der Waals surface area contributed by atoms with Crippen LogP contribution in [0.5, 0.6) is 0 Å². The highest BCUT2D eigenvalue weighted by Crippen LogP contribution is 2.53. The third-order valence-corrected chi connectivity index (χ3v) is 10.5. The molecular weight excluding hydrogens is 569 g/mol. The van der Waals surface area contributed by atoms with Crippen LogP contribution in [0.3, 0.4) is 0 Å². The van der Waals surface area contributed by atoms with Gasteiger partial charge in [-0.05, 0) is 92.2 Å². The standard InChI is InChI=1S/C45H32N2/c1-45(2)39-17-7-6-14-34(39)35-24-22-33(27-40(35)45)47(31-20-18-29(19-21-31)28-10-4-3-5-11-28)32-23-25-41-38(26-32)43-36-15-8-12-30-13-9-16-37(42(30)36)44(43)46-41/h3-27,46H,1-2H3. The smallest absolute Gasteiger partial charge is 0.0551 e. The van der Waals surface area contributed by atoms with E-state index in [1.165, 1.54) is 71.9 Å². The minimum atomic E-state index is -0.0827. The molecule has 0 fully saturated rings. The van der Waals surface area contributed by atoms with Crippen molar-refractivity contribution in [3.63, 3.8) is 0 Å². The summed E-state index contributed by atoms with van der Waals surface area (Å²) < 4.78 is 0. The summed E-state index contributed by atoms with van der Waals surface area (Å²) in [6.07, 6.45) is 0. The Labute approximate surface area is 274 Å². The summed E-state index contributed by atoms with van der Waals surface area (Å²) >= 11 is 0. The lowest BCUT2D eigenvalue weighted by Crippen LogP contribution is -2.16. The minimum absolute atomic E-state index is 0.0827. The van der Waals surface area contributed by atoms with Gasteiger partial charge in [0.05, 0.1) is 5.69 Å². The van der Waals surface area contributed by atoms with E-state index in [2.05, 4.69) is 175 Å². The molecule has 2 heteroatoms. The predicted molar refractivity (Wildman–Crippen MR) is 198 cm³/mol. The summed E-state index contributed by atoms with van der Waals surface area (Å²) in [4.78, 5) is 6.22. The number of aromatic nitrogens is 1. The summed E-state index contributed by atoms with van der Waals surface area (Å²) in [7, 11) is 0. The van der Waals surface area contributed by atoms with Gasteiger partial charge in [0, 0.05) is 44.5 Å². The first kappa shape index (κ1) is 26.4. The van der Waals surface area contributed by atoms with Crippen LogP contribution < -0.4 is 4.90 Å². The quantitative estimate of drug-likeness (QED) is 0.213. The maximum atomic E-state index is 3.79. The molecule has 47 heavy (non-hydrogen) atoms. The number of fused-ring (bicyclic) bond motifs is 8. The summed E-state index contributed by atoms with van der Waals surface area (Å²) in [6.45, 7) is 4.71. The Bertz CT molecular complexity index is 2530. The fraction of sp³-hybridized carbons (Fsp3) is 0.0667. The first-order chi connectivity index (χ1) is 23.1. The molecule has 0 spiro atoms. The maximum Gasteiger partial charge on any atom is 0.0551 e. The number of nitrogens with one attached hydrogen (secondary N) is 1. The SMILES string of the molecule is CC1(C)c2ccccc2-c2ccc(N(c3ccc(-c4ccccc4)cc3)c3ccc4[nH]c5c(c4c3)-c3cccc4cccc-5c34)cc21. The van der Waals surface area contributed by atoms with Crippen molar-refractivity contribution >= 4 is 38.7 Å². The molecule has 0 saturated carbocycles. The zero-order valence-electron chi connectivity index (χ0n) is 26.4. The predicted octanol–water partition coefficient (Wildman–Crippen LogP) is 12.4. The normalized spacial score (nSPS) is 13.5. The third kappa shape index (κ3) is 3.73. The van der Waals surface area contributed by atoms with Crippen LogP contribution in [0.2, 0.25) is 0 Å². The van der Waals surface area contributed by atoms with E-state index in [1.807, 2.05) is 0 Å². The lowest BCUT2D eigenvalue weighted by molar-refractivity contribution is 0.660. The second-order valence-electron chi connectivity index (χ2n) is 13.5. The maximum absolute atomic E-state index is 3.79.